The van der Waals surface area contributed by atoms with Crippen LogP contribution >= 0.6 is 12.4 Å². The Morgan fingerprint density at radius 3 is 2.59 bits per heavy atom. The molecule has 0 aliphatic rings. The van der Waals surface area contributed by atoms with Gasteiger partial charge >= 0.3 is 0 Å². The number of aromatic amines is 1. The number of halogens is 1. The summed E-state index contributed by atoms with van der Waals surface area (Å²) in [5, 5.41) is 10.8. The number of hydrogen-bond acceptors (Lipinski definition) is 4. The first kappa shape index (κ1) is 18.5. The van der Waals surface area contributed by atoms with Crippen molar-refractivity contribution in [2.75, 3.05) is 19.0 Å². The third kappa shape index (κ3) is 4.71. The molecule has 0 saturated heterocycles. The summed E-state index contributed by atoms with van der Waals surface area (Å²) < 4.78 is 0. The van der Waals surface area contributed by atoms with Crippen LogP contribution in [0.4, 0.5) is 5.82 Å². The summed E-state index contributed by atoms with van der Waals surface area (Å²) >= 11 is 0. The molecule has 0 radical (unpaired) electrons. The van der Waals surface area contributed by atoms with Crippen LogP contribution < -0.4 is 10.2 Å². The normalized spacial score (nSPS) is 11.1. The van der Waals surface area contributed by atoms with Gasteiger partial charge in [0.25, 0.3) is 0 Å². The summed E-state index contributed by atoms with van der Waals surface area (Å²) in [6, 6.07) is 4.15. The van der Waals surface area contributed by atoms with E-state index in [9.17, 15) is 0 Å². The second kappa shape index (κ2) is 7.61. The molecular formula is C16H26ClN5. The number of nitrogens with one attached hydrogen (secondary N) is 2. The van der Waals surface area contributed by atoms with Crippen molar-refractivity contribution in [3.05, 3.63) is 41.3 Å². The lowest BCUT2D eigenvalue weighted by atomic mass is 9.89. The van der Waals surface area contributed by atoms with Gasteiger partial charge in [-0.2, -0.15) is 5.10 Å². The van der Waals surface area contributed by atoms with E-state index in [0.717, 1.165) is 18.9 Å². The second-order valence-electron chi connectivity index (χ2n) is 6.54. The molecule has 2 rings (SSSR count). The van der Waals surface area contributed by atoms with Gasteiger partial charge < -0.3 is 10.2 Å². The summed E-state index contributed by atoms with van der Waals surface area (Å²) in [7, 11) is 4.00. The SMILES string of the molecule is CN(C)c1cc(CNCc2cn[nH]c2C(C)(C)C)ccn1.Cl. The average molecular weight is 324 g/mol. The summed E-state index contributed by atoms with van der Waals surface area (Å²) in [5.41, 5.74) is 3.74. The summed E-state index contributed by atoms with van der Waals surface area (Å²) in [5.74, 6) is 0.980. The van der Waals surface area contributed by atoms with E-state index in [-0.39, 0.29) is 17.8 Å². The first-order valence-electron chi connectivity index (χ1n) is 7.23. The zero-order chi connectivity index (χ0) is 15.5. The van der Waals surface area contributed by atoms with Gasteiger partial charge in [-0.1, -0.05) is 20.8 Å². The Bertz CT molecular complexity index is 586. The quantitative estimate of drug-likeness (QED) is 0.888. The topological polar surface area (TPSA) is 56.8 Å². The molecule has 122 valence electrons. The highest BCUT2D eigenvalue weighted by Gasteiger charge is 2.19. The molecule has 2 aromatic heterocycles. The van der Waals surface area contributed by atoms with Crippen LogP contribution in [0.2, 0.25) is 0 Å². The van der Waals surface area contributed by atoms with Crippen molar-refractivity contribution in [3.8, 4) is 0 Å². The summed E-state index contributed by atoms with van der Waals surface area (Å²) in [4.78, 5) is 6.34. The van der Waals surface area contributed by atoms with Crippen LogP contribution in [-0.2, 0) is 18.5 Å². The van der Waals surface area contributed by atoms with E-state index in [2.05, 4.69) is 47.3 Å². The minimum absolute atomic E-state index is 0. The highest BCUT2D eigenvalue weighted by atomic mass is 35.5. The molecule has 2 heterocycles. The Hall–Kier alpha value is -1.59. The number of rotatable bonds is 5. The number of pyridine rings is 1. The zero-order valence-corrected chi connectivity index (χ0v) is 14.8. The third-order valence-electron chi connectivity index (χ3n) is 3.38. The molecular weight excluding hydrogens is 298 g/mol. The van der Waals surface area contributed by atoms with E-state index in [1.807, 2.05) is 37.5 Å². The van der Waals surface area contributed by atoms with Crippen LogP contribution in [0, 0.1) is 0 Å². The largest absolute Gasteiger partial charge is 0.363 e. The molecule has 0 amide bonds. The first-order chi connectivity index (χ1) is 9.88. The van der Waals surface area contributed by atoms with Crippen LogP contribution in [0.1, 0.15) is 37.6 Å². The molecule has 0 fully saturated rings. The van der Waals surface area contributed by atoms with Crippen molar-refractivity contribution in [1.29, 1.82) is 0 Å². The van der Waals surface area contributed by atoms with E-state index in [0.29, 0.717) is 0 Å². The van der Waals surface area contributed by atoms with Gasteiger partial charge in [-0.05, 0) is 17.7 Å². The number of aromatic nitrogens is 3. The van der Waals surface area contributed by atoms with Gasteiger partial charge in [0.1, 0.15) is 5.82 Å². The van der Waals surface area contributed by atoms with Gasteiger partial charge in [0.05, 0.1) is 6.20 Å². The minimum atomic E-state index is 0. The predicted octanol–water partition coefficient (Wildman–Crippen LogP) is 2.88. The van der Waals surface area contributed by atoms with Crippen molar-refractivity contribution in [2.45, 2.75) is 39.3 Å². The van der Waals surface area contributed by atoms with Gasteiger partial charge in [0.2, 0.25) is 0 Å². The number of nitrogens with zero attached hydrogens (tertiary/aromatic N) is 3. The lowest BCUT2D eigenvalue weighted by Crippen LogP contribution is -2.19. The molecule has 0 aliphatic heterocycles. The highest BCUT2D eigenvalue weighted by molar-refractivity contribution is 5.85. The van der Waals surface area contributed by atoms with E-state index < -0.39 is 0 Å². The molecule has 0 atom stereocenters. The fraction of sp³-hybridized carbons (Fsp3) is 0.500. The molecule has 0 spiro atoms. The second-order valence-corrected chi connectivity index (χ2v) is 6.54. The molecule has 2 aromatic rings. The number of hydrogen-bond donors (Lipinski definition) is 2. The molecule has 22 heavy (non-hydrogen) atoms. The van der Waals surface area contributed by atoms with Gasteiger partial charge in [-0.3, -0.25) is 5.10 Å². The maximum Gasteiger partial charge on any atom is 0.128 e. The molecule has 6 heteroatoms. The third-order valence-corrected chi connectivity index (χ3v) is 3.38. The number of H-pyrrole nitrogens is 1. The minimum Gasteiger partial charge on any atom is -0.363 e. The first-order valence-corrected chi connectivity index (χ1v) is 7.23. The van der Waals surface area contributed by atoms with Crippen molar-refractivity contribution in [1.82, 2.24) is 20.5 Å². The van der Waals surface area contributed by atoms with Crippen LogP contribution in [-0.4, -0.2) is 29.3 Å². The molecule has 0 unspecified atom stereocenters. The van der Waals surface area contributed by atoms with Gasteiger partial charge in [-0.25, -0.2) is 4.98 Å². The molecule has 0 saturated carbocycles. The van der Waals surface area contributed by atoms with Gasteiger partial charge in [0.15, 0.2) is 0 Å². The maximum absolute atomic E-state index is 4.33. The Balaban J connectivity index is 0.00000242. The standard InChI is InChI=1S/C16H25N5.ClH/c1-16(2,3)15-13(11-19-20-15)10-17-9-12-6-7-18-14(8-12)21(4)5;/h6-8,11,17H,9-10H2,1-5H3,(H,19,20);1H. The van der Waals surface area contributed by atoms with Crippen LogP contribution in [0.25, 0.3) is 0 Å². The Labute approximate surface area is 138 Å². The fourth-order valence-electron chi connectivity index (χ4n) is 2.25. The van der Waals surface area contributed by atoms with Crippen molar-refractivity contribution in [3.63, 3.8) is 0 Å². The van der Waals surface area contributed by atoms with E-state index in [1.54, 1.807) is 0 Å². The smallest absolute Gasteiger partial charge is 0.128 e. The maximum atomic E-state index is 4.33. The summed E-state index contributed by atoms with van der Waals surface area (Å²) in [6.45, 7) is 8.20. The highest BCUT2D eigenvalue weighted by Crippen LogP contribution is 2.23. The molecule has 0 bridgehead atoms. The average Bonchev–Trinajstić information content (AvgIpc) is 2.87. The van der Waals surface area contributed by atoms with Crippen LogP contribution in [0.3, 0.4) is 0 Å². The van der Waals surface area contributed by atoms with Crippen LogP contribution in [0.15, 0.2) is 24.5 Å². The van der Waals surface area contributed by atoms with Gasteiger partial charge in [-0.15, -0.1) is 12.4 Å². The van der Waals surface area contributed by atoms with Crippen molar-refractivity contribution >= 4 is 18.2 Å². The molecule has 5 nitrogen and oxygen atoms in total. The zero-order valence-electron chi connectivity index (χ0n) is 14.0. The Kier molecular flexibility index (Phi) is 6.38. The molecule has 2 N–H and O–H groups in total. The molecule has 0 aromatic carbocycles. The lowest BCUT2D eigenvalue weighted by Gasteiger charge is -2.18. The van der Waals surface area contributed by atoms with Crippen molar-refractivity contribution in [2.24, 2.45) is 0 Å². The molecule has 0 aliphatic carbocycles. The van der Waals surface area contributed by atoms with Crippen molar-refractivity contribution < 1.29 is 0 Å². The fourth-order valence-corrected chi connectivity index (χ4v) is 2.25. The van der Waals surface area contributed by atoms with E-state index >= 15 is 0 Å². The monoisotopic (exact) mass is 323 g/mol. The lowest BCUT2D eigenvalue weighted by molar-refractivity contribution is 0.553. The van der Waals surface area contributed by atoms with E-state index in [1.165, 1.54) is 16.8 Å². The Morgan fingerprint density at radius 2 is 1.95 bits per heavy atom. The Morgan fingerprint density at radius 1 is 1.23 bits per heavy atom. The van der Waals surface area contributed by atoms with Crippen LogP contribution in [0.5, 0.6) is 0 Å². The summed E-state index contributed by atoms with van der Waals surface area (Å²) in [6.07, 6.45) is 3.76. The van der Waals surface area contributed by atoms with Gasteiger partial charge in [0, 0.05) is 50.1 Å². The number of anilines is 1. The van der Waals surface area contributed by atoms with E-state index in [4.69, 9.17) is 0 Å². The predicted molar refractivity (Wildman–Crippen MR) is 93.6 cm³/mol.